The zero-order valence-electron chi connectivity index (χ0n) is 20.1. The largest absolute Gasteiger partial charge is 0.503 e. The van der Waals surface area contributed by atoms with Gasteiger partial charge in [-0.25, -0.2) is 4.79 Å². The number of halogens is 1. The lowest BCUT2D eigenvalue weighted by molar-refractivity contribution is -0.139. The third kappa shape index (κ3) is 5.45. The van der Waals surface area contributed by atoms with Crippen molar-refractivity contribution in [3.05, 3.63) is 44.7 Å². The zero-order valence-corrected chi connectivity index (χ0v) is 21.7. The number of phenolic OH excluding ortho intramolecular Hbond substituents is 1. The van der Waals surface area contributed by atoms with Crippen LogP contribution in [0.1, 0.15) is 78.2 Å². The molecular formula is C26H34BrNO5. The highest BCUT2D eigenvalue weighted by molar-refractivity contribution is 9.10. The highest BCUT2D eigenvalue weighted by Gasteiger charge is 2.43. The van der Waals surface area contributed by atoms with Crippen LogP contribution in [0.4, 0.5) is 0 Å². The van der Waals surface area contributed by atoms with Crippen molar-refractivity contribution in [3.63, 3.8) is 0 Å². The summed E-state index contributed by atoms with van der Waals surface area (Å²) in [6.45, 7) is 10.6. The molecule has 0 fully saturated rings. The topological polar surface area (TPSA) is 84.9 Å². The van der Waals surface area contributed by atoms with Gasteiger partial charge in [-0.05, 0) is 65.7 Å². The van der Waals surface area contributed by atoms with Crippen LogP contribution in [-0.4, -0.2) is 30.1 Å². The number of rotatable bonds is 8. The van der Waals surface area contributed by atoms with Crippen LogP contribution in [0.3, 0.4) is 0 Å². The third-order valence-corrected chi connectivity index (χ3v) is 6.73. The van der Waals surface area contributed by atoms with Crippen LogP contribution in [0.25, 0.3) is 0 Å². The molecule has 0 saturated heterocycles. The first-order chi connectivity index (χ1) is 15.6. The van der Waals surface area contributed by atoms with E-state index in [9.17, 15) is 14.7 Å². The number of Topliss-reactive ketones (excluding diaryl/α,β-unsaturated/α-hetero) is 1. The molecular weight excluding hydrogens is 486 g/mol. The first kappa shape index (κ1) is 25.3. The minimum absolute atomic E-state index is 0.00997. The molecule has 1 aromatic rings. The second kappa shape index (κ2) is 10.3. The maximum absolute atomic E-state index is 13.4. The number of allylic oxidation sites excluding steroid dienone is 3. The van der Waals surface area contributed by atoms with Crippen molar-refractivity contribution in [3.8, 4) is 11.5 Å². The predicted molar refractivity (Wildman–Crippen MR) is 131 cm³/mol. The first-order valence-electron chi connectivity index (χ1n) is 11.7. The fourth-order valence-corrected chi connectivity index (χ4v) is 5.12. The van der Waals surface area contributed by atoms with E-state index in [1.807, 2.05) is 13.8 Å². The van der Waals surface area contributed by atoms with Crippen LogP contribution in [0, 0.1) is 5.41 Å². The summed E-state index contributed by atoms with van der Waals surface area (Å²) in [6, 6.07) is 3.47. The van der Waals surface area contributed by atoms with Gasteiger partial charge in [-0.15, -0.1) is 0 Å². The van der Waals surface area contributed by atoms with Crippen LogP contribution < -0.4 is 10.1 Å². The van der Waals surface area contributed by atoms with Crippen LogP contribution in [0.5, 0.6) is 11.5 Å². The predicted octanol–water partition coefficient (Wildman–Crippen LogP) is 5.89. The van der Waals surface area contributed by atoms with Crippen molar-refractivity contribution in [1.29, 1.82) is 0 Å². The molecule has 7 heteroatoms. The van der Waals surface area contributed by atoms with Gasteiger partial charge in [-0.2, -0.15) is 0 Å². The minimum Gasteiger partial charge on any atom is -0.503 e. The molecule has 0 amide bonds. The molecule has 0 radical (unpaired) electrons. The zero-order chi connectivity index (χ0) is 24.3. The molecule has 1 aromatic carbocycles. The maximum atomic E-state index is 13.4. The number of ketones is 1. The molecule has 1 aliphatic carbocycles. The Morgan fingerprint density at radius 1 is 1.24 bits per heavy atom. The molecule has 6 nitrogen and oxygen atoms in total. The Balaban J connectivity index is 2.12. The Morgan fingerprint density at radius 2 is 1.97 bits per heavy atom. The van der Waals surface area contributed by atoms with Gasteiger partial charge in [0.15, 0.2) is 17.3 Å². The van der Waals surface area contributed by atoms with E-state index in [4.69, 9.17) is 9.47 Å². The molecule has 0 saturated carbocycles. The second-order valence-corrected chi connectivity index (χ2v) is 10.4. The number of carbonyl (C=O) groups is 2. The van der Waals surface area contributed by atoms with Gasteiger partial charge in [-0.1, -0.05) is 33.6 Å². The van der Waals surface area contributed by atoms with Crippen LogP contribution in [0.2, 0.25) is 0 Å². The smallest absolute Gasteiger partial charge is 0.336 e. The van der Waals surface area contributed by atoms with E-state index in [1.54, 1.807) is 12.1 Å². The van der Waals surface area contributed by atoms with Gasteiger partial charge in [0, 0.05) is 29.3 Å². The highest BCUT2D eigenvalue weighted by Crippen LogP contribution is 2.49. The van der Waals surface area contributed by atoms with E-state index in [0.29, 0.717) is 58.7 Å². The number of hydrogen-bond acceptors (Lipinski definition) is 6. The summed E-state index contributed by atoms with van der Waals surface area (Å²) in [4.78, 5) is 26.7. The summed E-state index contributed by atoms with van der Waals surface area (Å²) in [5.74, 6) is -0.708. The van der Waals surface area contributed by atoms with Crippen molar-refractivity contribution < 1.29 is 24.2 Å². The number of benzene rings is 1. The average Bonchev–Trinajstić information content (AvgIpc) is 2.72. The Kier molecular flexibility index (Phi) is 7.93. The van der Waals surface area contributed by atoms with Gasteiger partial charge >= 0.3 is 5.97 Å². The lowest BCUT2D eigenvalue weighted by atomic mass is 9.68. The quantitative estimate of drug-likeness (QED) is 0.329. The number of hydrogen-bond donors (Lipinski definition) is 2. The number of carbonyl (C=O) groups excluding carboxylic acids is 2. The Hall–Kier alpha value is -2.28. The summed E-state index contributed by atoms with van der Waals surface area (Å²) >= 11 is 3.41. The monoisotopic (exact) mass is 519 g/mol. The van der Waals surface area contributed by atoms with E-state index < -0.39 is 11.9 Å². The molecule has 3 rings (SSSR count). The summed E-state index contributed by atoms with van der Waals surface area (Å²) < 4.78 is 11.7. The van der Waals surface area contributed by atoms with E-state index in [0.717, 1.165) is 25.0 Å². The standard InChI is InChI=1S/C26H34BrNO5/c1-6-8-9-10-33-25(31)21-15(3)28-18-13-26(4,5)14-19(29)23(18)22(21)16-11-17(27)24(30)20(12-16)32-7-2/h11-12,22,28,30H,6-10,13-14H2,1-5H3. The lowest BCUT2D eigenvalue weighted by Crippen LogP contribution is -2.38. The normalized spacial score (nSPS) is 19.8. The van der Waals surface area contributed by atoms with Crippen molar-refractivity contribution >= 4 is 27.7 Å². The molecule has 0 spiro atoms. The fourth-order valence-electron chi connectivity index (χ4n) is 4.66. The van der Waals surface area contributed by atoms with Crippen LogP contribution in [0.15, 0.2) is 39.1 Å². The van der Waals surface area contributed by atoms with E-state index >= 15 is 0 Å². The third-order valence-electron chi connectivity index (χ3n) is 6.12. The Labute approximate surface area is 204 Å². The van der Waals surface area contributed by atoms with Crippen molar-refractivity contribution in [2.75, 3.05) is 13.2 Å². The summed E-state index contributed by atoms with van der Waals surface area (Å²) in [7, 11) is 0. The van der Waals surface area contributed by atoms with Crippen LogP contribution in [-0.2, 0) is 14.3 Å². The Bertz CT molecular complexity index is 1010. The molecule has 33 heavy (non-hydrogen) atoms. The average molecular weight is 520 g/mol. The molecule has 0 aromatic heterocycles. The van der Waals surface area contributed by atoms with Gasteiger partial charge in [-0.3, -0.25) is 4.79 Å². The fraction of sp³-hybridized carbons (Fsp3) is 0.538. The van der Waals surface area contributed by atoms with E-state index in [1.165, 1.54) is 0 Å². The number of ether oxygens (including phenoxy) is 2. The number of unbranched alkanes of at least 4 members (excludes halogenated alkanes) is 2. The molecule has 1 heterocycles. The van der Waals surface area contributed by atoms with Crippen molar-refractivity contribution in [1.82, 2.24) is 5.32 Å². The summed E-state index contributed by atoms with van der Waals surface area (Å²) in [6.07, 6.45) is 3.93. The van der Waals surface area contributed by atoms with Crippen LogP contribution >= 0.6 is 15.9 Å². The molecule has 1 aliphatic heterocycles. The molecule has 180 valence electrons. The molecule has 1 unspecified atom stereocenters. The number of esters is 1. The van der Waals surface area contributed by atoms with Crippen molar-refractivity contribution in [2.45, 2.75) is 72.6 Å². The molecule has 1 atom stereocenters. The van der Waals surface area contributed by atoms with Gasteiger partial charge in [0.05, 0.1) is 23.3 Å². The summed E-state index contributed by atoms with van der Waals surface area (Å²) in [5.41, 5.74) is 3.09. The number of nitrogens with one attached hydrogen (secondary N) is 1. The minimum atomic E-state index is -0.598. The number of aromatic hydroxyl groups is 1. The van der Waals surface area contributed by atoms with Gasteiger partial charge < -0.3 is 19.9 Å². The number of phenols is 1. The highest BCUT2D eigenvalue weighted by atomic mass is 79.9. The second-order valence-electron chi connectivity index (χ2n) is 9.56. The van der Waals surface area contributed by atoms with Crippen molar-refractivity contribution in [2.24, 2.45) is 5.41 Å². The van der Waals surface area contributed by atoms with Gasteiger partial charge in [0.1, 0.15) is 0 Å². The first-order valence-corrected chi connectivity index (χ1v) is 12.4. The maximum Gasteiger partial charge on any atom is 0.336 e. The lowest BCUT2D eigenvalue weighted by Gasteiger charge is -2.39. The van der Waals surface area contributed by atoms with E-state index in [-0.39, 0.29) is 16.9 Å². The van der Waals surface area contributed by atoms with E-state index in [2.05, 4.69) is 42.0 Å². The number of dihydropyridines is 1. The van der Waals surface area contributed by atoms with Gasteiger partial charge in [0.2, 0.25) is 0 Å². The molecule has 2 N–H and O–H groups in total. The molecule has 2 aliphatic rings. The van der Waals surface area contributed by atoms with Gasteiger partial charge in [0.25, 0.3) is 0 Å². The summed E-state index contributed by atoms with van der Waals surface area (Å²) in [5, 5.41) is 13.8. The molecule has 0 bridgehead atoms. The Morgan fingerprint density at radius 3 is 2.64 bits per heavy atom. The SMILES string of the molecule is CCCCCOC(=O)C1=C(C)NC2=C(C(=O)CC(C)(C)C2)C1c1cc(Br)c(O)c(OCC)c1.